The van der Waals surface area contributed by atoms with E-state index in [0.29, 0.717) is 0 Å². The Hall–Kier alpha value is -2.87. The fraction of sp³-hybridized carbons (Fsp3) is 0. The topological polar surface area (TPSA) is 13.1 Å². The summed E-state index contributed by atoms with van der Waals surface area (Å²) >= 11 is 0. The van der Waals surface area contributed by atoms with Gasteiger partial charge in [-0.25, -0.2) is 4.39 Å². The van der Waals surface area contributed by atoms with Gasteiger partial charge in [0.05, 0.1) is 0 Å². The summed E-state index contributed by atoms with van der Waals surface area (Å²) in [5.74, 6) is -0.219. The average Bonchev–Trinajstić information content (AvgIpc) is 2.92. The van der Waals surface area contributed by atoms with Crippen LogP contribution in [0.3, 0.4) is 0 Å². The maximum Gasteiger partial charge on any atom is 0.143 e. The molecular weight excluding hydrogens is 275 g/mol. The SMILES string of the molecule is Fc1ccc2cc3ccc4c5ccccc5oc4c3cc2c1. The Balaban J connectivity index is 2.01. The lowest BCUT2D eigenvalue weighted by molar-refractivity contribution is 0.630. The van der Waals surface area contributed by atoms with Crippen molar-refractivity contribution in [3.8, 4) is 0 Å². The molecule has 0 unspecified atom stereocenters. The zero-order chi connectivity index (χ0) is 14.7. The number of fused-ring (bicyclic) bond motifs is 6. The first kappa shape index (κ1) is 11.8. The smallest absolute Gasteiger partial charge is 0.143 e. The summed E-state index contributed by atoms with van der Waals surface area (Å²) in [6.07, 6.45) is 0. The molecule has 2 heteroatoms. The van der Waals surface area contributed by atoms with E-state index in [4.69, 9.17) is 4.42 Å². The molecule has 5 rings (SSSR count). The molecule has 22 heavy (non-hydrogen) atoms. The number of hydrogen-bond donors (Lipinski definition) is 0. The van der Waals surface area contributed by atoms with Gasteiger partial charge in [0, 0.05) is 16.2 Å². The minimum atomic E-state index is -0.219. The molecular formula is C20H11FO. The second kappa shape index (κ2) is 4.08. The molecule has 0 fully saturated rings. The van der Waals surface area contributed by atoms with Crippen molar-refractivity contribution in [2.75, 3.05) is 0 Å². The molecule has 0 atom stereocenters. The monoisotopic (exact) mass is 286 g/mol. The zero-order valence-corrected chi connectivity index (χ0v) is 11.6. The van der Waals surface area contributed by atoms with E-state index in [1.54, 1.807) is 6.07 Å². The van der Waals surface area contributed by atoms with Gasteiger partial charge >= 0.3 is 0 Å². The third-order valence-corrected chi connectivity index (χ3v) is 4.28. The van der Waals surface area contributed by atoms with Crippen LogP contribution < -0.4 is 0 Å². The summed E-state index contributed by atoms with van der Waals surface area (Å²) in [6, 6.07) is 21.2. The summed E-state index contributed by atoms with van der Waals surface area (Å²) in [5.41, 5.74) is 1.74. The van der Waals surface area contributed by atoms with Gasteiger partial charge in [-0.3, -0.25) is 0 Å². The van der Waals surface area contributed by atoms with E-state index in [-0.39, 0.29) is 5.82 Å². The molecule has 0 aliphatic rings. The molecule has 5 aromatic rings. The normalized spacial score (nSPS) is 11.9. The Kier molecular flexibility index (Phi) is 2.18. The molecule has 0 aliphatic carbocycles. The van der Waals surface area contributed by atoms with E-state index in [1.807, 2.05) is 30.3 Å². The first-order valence-corrected chi connectivity index (χ1v) is 7.23. The summed E-state index contributed by atoms with van der Waals surface area (Å²) in [5, 5.41) is 6.25. The van der Waals surface area contributed by atoms with Crippen LogP contribution in [0.5, 0.6) is 0 Å². The van der Waals surface area contributed by atoms with Crippen molar-refractivity contribution >= 4 is 43.5 Å². The van der Waals surface area contributed by atoms with E-state index >= 15 is 0 Å². The zero-order valence-electron chi connectivity index (χ0n) is 11.6. The van der Waals surface area contributed by atoms with Crippen LogP contribution in [0.15, 0.2) is 71.1 Å². The highest BCUT2D eigenvalue weighted by Gasteiger charge is 2.10. The predicted molar refractivity (Wildman–Crippen MR) is 88.7 cm³/mol. The Morgan fingerprint density at radius 2 is 1.50 bits per heavy atom. The Bertz CT molecular complexity index is 1180. The summed E-state index contributed by atoms with van der Waals surface area (Å²) in [7, 11) is 0. The number of para-hydroxylation sites is 1. The third-order valence-electron chi connectivity index (χ3n) is 4.28. The maximum atomic E-state index is 13.5. The van der Waals surface area contributed by atoms with Gasteiger partial charge in [-0.1, -0.05) is 30.3 Å². The molecule has 1 heterocycles. The summed E-state index contributed by atoms with van der Waals surface area (Å²) in [6.45, 7) is 0. The van der Waals surface area contributed by atoms with Crippen LogP contribution in [0.2, 0.25) is 0 Å². The maximum absolute atomic E-state index is 13.5. The molecule has 0 radical (unpaired) electrons. The fourth-order valence-electron chi connectivity index (χ4n) is 3.22. The van der Waals surface area contributed by atoms with Crippen LogP contribution in [0.4, 0.5) is 4.39 Å². The predicted octanol–water partition coefficient (Wildman–Crippen LogP) is 6.03. The van der Waals surface area contributed by atoms with Gasteiger partial charge in [-0.05, 0) is 52.6 Å². The van der Waals surface area contributed by atoms with Crippen molar-refractivity contribution in [1.29, 1.82) is 0 Å². The highest BCUT2D eigenvalue weighted by molar-refractivity contribution is 6.17. The lowest BCUT2D eigenvalue weighted by Gasteiger charge is -2.03. The van der Waals surface area contributed by atoms with E-state index in [0.717, 1.165) is 43.5 Å². The van der Waals surface area contributed by atoms with Crippen LogP contribution in [-0.2, 0) is 0 Å². The number of halogens is 1. The van der Waals surface area contributed by atoms with Crippen molar-refractivity contribution in [1.82, 2.24) is 0 Å². The van der Waals surface area contributed by atoms with Crippen molar-refractivity contribution in [2.24, 2.45) is 0 Å². The van der Waals surface area contributed by atoms with Crippen LogP contribution in [0.25, 0.3) is 43.5 Å². The van der Waals surface area contributed by atoms with Gasteiger partial charge in [0.25, 0.3) is 0 Å². The van der Waals surface area contributed by atoms with Crippen LogP contribution in [0.1, 0.15) is 0 Å². The quantitative estimate of drug-likeness (QED) is 0.317. The first-order chi connectivity index (χ1) is 10.8. The van der Waals surface area contributed by atoms with Gasteiger partial charge in [-0.2, -0.15) is 0 Å². The average molecular weight is 286 g/mol. The van der Waals surface area contributed by atoms with Crippen molar-refractivity contribution < 1.29 is 8.81 Å². The van der Waals surface area contributed by atoms with Gasteiger partial charge in [0.1, 0.15) is 17.0 Å². The van der Waals surface area contributed by atoms with Crippen LogP contribution in [-0.4, -0.2) is 0 Å². The van der Waals surface area contributed by atoms with E-state index < -0.39 is 0 Å². The molecule has 0 bridgehead atoms. The van der Waals surface area contributed by atoms with Gasteiger partial charge in [0.15, 0.2) is 0 Å². The molecule has 0 saturated heterocycles. The number of benzene rings is 4. The standard InChI is InChI=1S/C20H11FO/c21-15-7-5-12-9-13-6-8-17-16-3-1-2-4-19(16)22-20(17)18(13)11-14(12)10-15/h1-11H. The lowest BCUT2D eigenvalue weighted by atomic mass is 10.0. The Morgan fingerprint density at radius 3 is 2.45 bits per heavy atom. The minimum Gasteiger partial charge on any atom is -0.455 e. The molecule has 0 N–H and O–H groups in total. The van der Waals surface area contributed by atoms with Gasteiger partial charge < -0.3 is 4.42 Å². The summed E-state index contributed by atoms with van der Waals surface area (Å²) < 4.78 is 19.5. The lowest BCUT2D eigenvalue weighted by Crippen LogP contribution is -1.79. The van der Waals surface area contributed by atoms with Crippen molar-refractivity contribution in [3.63, 3.8) is 0 Å². The molecule has 0 saturated carbocycles. The highest BCUT2D eigenvalue weighted by Crippen LogP contribution is 2.35. The van der Waals surface area contributed by atoms with Crippen molar-refractivity contribution in [3.05, 3.63) is 72.5 Å². The molecule has 1 nitrogen and oxygen atoms in total. The van der Waals surface area contributed by atoms with Crippen molar-refractivity contribution in [2.45, 2.75) is 0 Å². The van der Waals surface area contributed by atoms with Gasteiger partial charge in [0.2, 0.25) is 0 Å². The minimum absolute atomic E-state index is 0.219. The van der Waals surface area contributed by atoms with E-state index in [2.05, 4.69) is 24.3 Å². The Labute approximate surface area is 125 Å². The largest absolute Gasteiger partial charge is 0.455 e. The fourth-order valence-corrected chi connectivity index (χ4v) is 3.22. The molecule has 0 amide bonds. The number of furan rings is 1. The molecule has 0 spiro atoms. The van der Waals surface area contributed by atoms with E-state index in [1.165, 1.54) is 6.07 Å². The highest BCUT2D eigenvalue weighted by atomic mass is 19.1. The molecule has 104 valence electrons. The van der Waals surface area contributed by atoms with Gasteiger partial charge in [-0.15, -0.1) is 0 Å². The second-order valence-electron chi connectivity index (χ2n) is 5.61. The second-order valence-corrected chi connectivity index (χ2v) is 5.61. The van der Waals surface area contributed by atoms with Crippen LogP contribution >= 0.6 is 0 Å². The third kappa shape index (κ3) is 1.52. The van der Waals surface area contributed by atoms with Crippen LogP contribution in [0, 0.1) is 5.82 Å². The Morgan fingerprint density at radius 1 is 0.636 bits per heavy atom. The number of hydrogen-bond acceptors (Lipinski definition) is 1. The molecule has 1 aromatic heterocycles. The number of rotatable bonds is 0. The first-order valence-electron chi connectivity index (χ1n) is 7.23. The van der Waals surface area contributed by atoms with E-state index in [9.17, 15) is 4.39 Å². The summed E-state index contributed by atoms with van der Waals surface area (Å²) in [4.78, 5) is 0. The molecule has 0 aliphatic heterocycles. The molecule has 4 aromatic carbocycles.